The van der Waals surface area contributed by atoms with Crippen LogP contribution in [0.3, 0.4) is 0 Å². The molecule has 1 rings (SSSR count). The number of hydrogen-bond donors (Lipinski definition) is 1. The predicted molar refractivity (Wildman–Crippen MR) is 69.4 cm³/mol. The molecule has 1 saturated carbocycles. The average molecular weight is 287 g/mol. The number of nitrogens with one attached hydrogen (secondary N) is 1. The van der Waals surface area contributed by atoms with E-state index in [-0.39, 0.29) is 29.8 Å². The van der Waals surface area contributed by atoms with Crippen LogP contribution in [0.2, 0.25) is 0 Å². The molecule has 1 aliphatic carbocycles. The summed E-state index contributed by atoms with van der Waals surface area (Å²) in [5, 5.41) is 2.42. The van der Waals surface area contributed by atoms with Crippen molar-refractivity contribution < 1.29 is 23.9 Å². The van der Waals surface area contributed by atoms with Crippen LogP contribution in [0.15, 0.2) is 0 Å². The van der Waals surface area contributed by atoms with Crippen molar-refractivity contribution in [3.8, 4) is 0 Å². The lowest BCUT2D eigenvalue weighted by Crippen LogP contribution is -2.42. The zero-order valence-corrected chi connectivity index (χ0v) is 11.5. The first-order valence-corrected chi connectivity index (χ1v) is 7.21. The number of ether oxygens (including phenoxy) is 1. The Hall–Kier alpha value is -1.37. The molecule has 0 radical (unpaired) electrons. The molecule has 19 heavy (non-hydrogen) atoms. The molecule has 1 aliphatic rings. The minimum Gasteiger partial charge on any atom is -0.394 e. The molecular weight excluding hydrogens is 270 g/mol. The van der Waals surface area contributed by atoms with Gasteiger partial charge >= 0.3 is 12.4 Å². The third-order valence-corrected chi connectivity index (χ3v) is 4.07. The van der Waals surface area contributed by atoms with Gasteiger partial charge in [-0.1, -0.05) is 0 Å². The minimum absolute atomic E-state index is 0.0440. The molecule has 0 aromatic carbocycles. The van der Waals surface area contributed by atoms with E-state index in [9.17, 15) is 19.2 Å². The van der Waals surface area contributed by atoms with Crippen LogP contribution in [0.4, 0.5) is 0 Å². The van der Waals surface area contributed by atoms with Gasteiger partial charge < -0.3 is 10.1 Å². The van der Waals surface area contributed by atoms with Gasteiger partial charge in [0.1, 0.15) is 11.8 Å². The molecule has 1 fully saturated rings. The van der Waals surface area contributed by atoms with Crippen LogP contribution in [0, 0.1) is 5.92 Å². The molecule has 1 amide bonds. The summed E-state index contributed by atoms with van der Waals surface area (Å²) in [5.41, 5.74) is 0. The van der Waals surface area contributed by atoms with Crippen LogP contribution < -0.4 is 5.32 Å². The molecule has 2 atom stereocenters. The Bertz CT molecular complexity index is 371. The first-order valence-electron chi connectivity index (χ1n) is 6.06. The second-order valence-corrected chi connectivity index (χ2v) is 5.45. The Kier molecular flexibility index (Phi) is 6.55. The molecule has 6 nitrogen and oxygen atoms in total. The number of hydrogen-bond acceptors (Lipinski definition) is 6. The van der Waals surface area contributed by atoms with E-state index in [0.717, 1.165) is 12.8 Å². The van der Waals surface area contributed by atoms with Gasteiger partial charge in [-0.2, -0.15) is 11.8 Å². The standard InChI is InChI=1S/C12H17NO5S/c1-8(15)13-10(12(17)18-7-14)6-19-5-9-3-2-4-11(9)16/h7,9-10H,2-6H2,1H3,(H,13,15)/t9-,10-/m1/s1. The number of carbonyl (C=O) groups is 4. The van der Waals surface area contributed by atoms with Crippen molar-refractivity contribution in [2.75, 3.05) is 11.5 Å². The van der Waals surface area contributed by atoms with Crippen molar-refractivity contribution in [1.82, 2.24) is 5.32 Å². The summed E-state index contributed by atoms with van der Waals surface area (Å²) in [6.07, 6.45) is 2.44. The zero-order valence-electron chi connectivity index (χ0n) is 10.7. The Morgan fingerprint density at radius 2 is 2.32 bits per heavy atom. The molecule has 0 aromatic heterocycles. The van der Waals surface area contributed by atoms with Gasteiger partial charge in [-0.15, -0.1) is 0 Å². The number of esters is 1. The molecule has 0 unspecified atom stereocenters. The van der Waals surface area contributed by atoms with Crippen molar-refractivity contribution in [3.63, 3.8) is 0 Å². The Morgan fingerprint density at radius 1 is 1.58 bits per heavy atom. The van der Waals surface area contributed by atoms with Crippen molar-refractivity contribution in [1.29, 1.82) is 0 Å². The van der Waals surface area contributed by atoms with Gasteiger partial charge in [0.2, 0.25) is 5.91 Å². The van der Waals surface area contributed by atoms with E-state index in [2.05, 4.69) is 10.1 Å². The number of ketones is 1. The lowest BCUT2D eigenvalue weighted by atomic mass is 10.1. The van der Waals surface area contributed by atoms with E-state index < -0.39 is 12.0 Å². The summed E-state index contributed by atoms with van der Waals surface area (Å²) in [6.45, 7) is 1.33. The van der Waals surface area contributed by atoms with E-state index in [1.54, 1.807) is 0 Å². The third-order valence-electron chi connectivity index (χ3n) is 2.86. The highest BCUT2D eigenvalue weighted by atomic mass is 32.2. The Morgan fingerprint density at radius 3 is 2.84 bits per heavy atom. The SMILES string of the molecule is CC(=O)N[C@H](CSC[C@H]1CCCC1=O)C(=O)OC=O. The summed E-state index contributed by atoms with van der Waals surface area (Å²) in [5.74, 6) is 0.0734. The lowest BCUT2D eigenvalue weighted by Gasteiger charge is -2.15. The summed E-state index contributed by atoms with van der Waals surface area (Å²) >= 11 is 1.41. The monoisotopic (exact) mass is 287 g/mol. The van der Waals surface area contributed by atoms with Crippen LogP contribution >= 0.6 is 11.8 Å². The Labute approximate surface area is 115 Å². The quantitative estimate of drug-likeness (QED) is 0.411. The highest BCUT2D eigenvalue weighted by Gasteiger charge is 2.26. The second kappa shape index (κ2) is 7.93. The minimum atomic E-state index is -0.857. The predicted octanol–water partition coefficient (Wildman–Crippen LogP) is 0.293. The fourth-order valence-electron chi connectivity index (χ4n) is 1.94. The molecule has 1 N–H and O–H groups in total. The molecule has 7 heteroatoms. The maximum Gasteiger partial charge on any atom is 0.336 e. The number of Topliss-reactive ketones (excluding diaryl/α,β-unsaturated/α-hetero) is 1. The maximum absolute atomic E-state index is 11.4. The van der Waals surface area contributed by atoms with Crippen LogP contribution in [0.1, 0.15) is 26.2 Å². The zero-order chi connectivity index (χ0) is 14.3. The topological polar surface area (TPSA) is 89.5 Å². The highest BCUT2D eigenvalue weighted by Crippen LogP contribution is 2.25. The van der Waals surface area contributed by atoms with Crippen LogP contribution in [0.5, 0.6) is 0 Å². The van der Waals surface area contributed by atoms with E-state index in [0.29, 0.717) is 12.2 Å². The lowest BCUT2D eigenvalue weighted by molar-refractivity contribution is -0.153. The molecule has 0 bridgehead atoms. The highest BCUT2D eigenvalue weighted by molar-refractivity contribution is 7.99. The Balaban J connectivity index is 2.39. The fourth-order valence-corrected chi connectivity index (χ4v) is 3.16. The summed E-state index contributed by atoms with van der Waals surface area (Å²) in [4.78, 5) is 44.0. The number of rotatable bonds is 7. The molecule has 0 aliphatic heterocycles. The van der Waals surface area contributed by atoms with Gasteiger partial charge in [0, 0.05) is 30.8 Å². The second-order valence-electron chi connectivity index (χ2n) is 4.38. The molecule has 0 heterocycles. The van der Waals surface area contributed by atoms with Gasteiger partial charge in [-0.25, -0.2) is 4.79 Å². The van der Waals surface area contributed by atoms with Crippen molar-refractivity contribution in [3.05, 3.63) is 0 Å². The van der Waals surface area contributed by atoms with Crippen LogP contribution in [0.25, 0.3) is 0 Å². The number of amides is 1. The smallest absolute Gasteiger partial charge is 0.336 e. The summed E-state index contributed by atoms with van der Waals surface area (Å²) in [6, 6.07) is -0.857. The van der Waals surface area contributed by atoms with Gasteiger partial charge in [-0.3, -0.25) is 14.4 Å². The first-order chi connectivity index (χ1) is 9.04. The number of carbonyl (C=O) groups excluding carboxylic acids is 4. The normalized spacial score (nSPS) is 19.8. The van der Waals surface area contributed by atoms with E-state index in [1.165, 1.54) is 18.7 Å². The average Bonchev–Trinajstić information content (AvgIpc) is 2.74. The molecule has 0 aromatic rings. The van der Waals surface area contributed by atoms with Crippen LogP contribution in [-0.2, 0) is 23.9 Å². The van der Waals surface area contributed by atoms with Crippen molar-refractivity contribution in [2.24, 2.45) is 5.92 Å². The third kappa shape index (κ3) is 5.42. The van der Waals surface area contributed by atoms with Crippen molar-refractivity contribution in [2.45, 2.75) is 32.2 Å². The van der Waals surface area contributed by atoms with Gasteiger partial charge in [-0.05, 0) is 12.8 Å². The number of thioether (sulfide) groups is 1. The molecule has 106 valence electrons. The fraction of sp³-hybridized carbons (Fsp3) is 0.667. The molecular formula is C12H17NO5S. The van der Waals surface area contributed by atoms with E-state index in [1.807, 2.05) is 0 Å². The first kappa shape index (κ1) is 15.7. The maximum atomic E-state index is 11.4. The summed E-state index contributed by atoms with van der Waals surface area (Å²) in [7, 11) is 0. The van der Waals surface area contributed by atoms with Gasteiger partial charge in [0.05, 0.1) is 0 Å². The largest absolute Gasteiger partial charge is 0.394 e. The molecule has 0 saturated heterocycles. The molecule has 0 spiro atoms. The van der Waals surface area contributed by atoms with E-state index in [4.69, 9.17) is 0 Å². The van der Waals surface area contributed by atoms with Crippen LogP contribution in [-0.4, -0.2) is 41.7 Å². The van der Waals surface area contributed by atoms with Crippen molar-refractivity contribution >= 4 is 35.9 Å². The summed E-state index contributed by atoms with van der Waals surface area (Å²) < 4.78 is 4.23. The van der Waals surface area contributed by atoms with Gasteiger partial charge in [0.15, 0.2) is 0 Å². The van der Waals surface area contributed by atoms with E-state index >= 15 is 0 Å². The van der Waals surface area contributed by atoms with Gasteiger partial charge in [0.25, 0.3) is 0 Å².